The number of methoxy groups -OCH3 is 1. The van der Waals surface area contributed by atoms with Crippen LogP contribution in [-0.4, -0.2) is 23.4 Å². The van der Waals surface area contributed by atoms with E-state index in [1.807, 2.05) is 38.1 Å². The fourth-order valence-corrected chi connectivity index (χ4v) is 2.75. The summed E-state index contributed by atoms with van der Waals surface area (Å²) < 4.78 is 12.8. The number of epoxide rings is 1. The van der Waals surface area contributed by atoms with E-state index >= 15 is 0 Å². The van der Waals surface area contributed by atoms with E-state index < -0.39 is 0 Å². The predicted octanol–water partition coefficient (Wildman–Crippen LogP) is 2.27. The molecule has 20 heavy (non-hydrogen) atoms. The Kier molecular flexibility index (Phi) is 2.87. The number of fused-ring (bicyclic) bond motifs is 1. The van der Waals surface area contributed by atoms with Crippen molar-refractivity contribution in [3.05, 3.63) is 40.2 Å². The highest BCUT2D eigenvalue weighted by atomic mass is 16.6. The largest absolute Gasteiger partial charge is 0.496 e. The smallest absolute Gasteiger partial charge is 0.257 e. The van der Waals surface area contributed by atoms with Gasteiger partial charge in [-0.25, -0.2) is 0 Å². The van der Waals surface area contributed by atoms with Crippen molar-refractivity contribution >= 4 is 10.9 Å². The van der Waals surface area contributed by atoms with Crippen LogP contribution in [0.4, 0.5) is 0 Å². The normalized spacial score (nSPS) is 20.1. The van der Waals surface area contributed by atoms with Gasteiger partial charge in [0.15, 0.2) is 0 Å². The maximum Gasteiger partial charge on any atom is 0.257 e. The van der Waals surface area contributed by atoms with Crippen molar-refractivity contribution < 1.29 is 9.47 Å². The van der Waals surface area contributed by atoms with Crippen LogP contribution < -0.4 is 10.3 Å². The summed E-state index contributed by atoms with van der Waals surface area (Å²) in [5.41, 5.74) is 1.44. The molecule has 106 valence electrons. The van der Waals surface area contributed by atoms with Crippen LogP contribution in [0.3, 0.4) is 0 Å². The predicted molar refractivity (Wildman–Crippen MR) is 78.4 cm³/mol. The second kappa shape index (κ2) is 4.35. The van der Waals surface area contributed by atoms with Crippen LogP contribution in [0.25, 0.3) is 10.9 Å². The zero-order chi connectivity index (χ0) is 14.5. The lowest BCUT2D eigenvalue weighted by molar-refractivity contribution is 0.322. The number of aryl methyl sites for hydroxylation is 1. The number of aromatic nitrogens is 1. The van der Waals surface area contributed by atoms with E-state index in [1.54, 1.807) is 18.7 Å². The van der Waals surface area contributed by atoms with Gasteiger partial charge in [0.05, 0.1) is 29.9 Å². The van der Waals surface area contributed by atoms with Crippen molar-refractivity contribution in [2.24, 2.45) is 7.05 Å². The molecule has 1 aromatic carbocycles. The molecule has 0 spiro atoms. The molecule has 4 heteroatoms. The molecule has 1 fully saturated rings. The fourth-order valence-electron chi connectivity index (χ4n) is 2.75. The van der Waals surface area contributed by atoms with Crippen LogP contribution >= 0.6 is 0 Å². The molecule has 2 aromatic rings. The Morgan fingerprint density at radius 2 is 2.00 bits per heavy atom. The zero-order valence-corrected chi connectivity index (χ0v) is 12.3. The molecule has 1 aliphatic heterocycles. The van der Waals surface area contributed by atoms with Gasteiger partial charge in [-0.15, -0.1) is 0 Å². The van der Waals surface area contributed by atoms with Crippen molar-refractivity contribution in [1.29, 1.82) is 0 Å². The Labute approximate surface area is 117 Å². The number of benzene rings is 1. The highest BCUT2D eigenvalue weighted by molar-refractivity contribution is 5.86. The quantitative estimate of drug-likeness (QED) is 0.806. The first kappa shape index (κ1) is 13.2. The fraction of sp³-hybridized carbons (Fsp3) is 0.438. The lowest BCUT2D eigenvalue weighted by Gasteiger charge is -2.14. The Morgan fingerprint density at radius 1 is 1.35 bits per heavy atom. The van der Waals surface area contributed by atoms with Gasteiger partial charge < -0.3 is 14.0 Å². The van der Waals surface area contributed by atoms with Gasteiger partial charge in [0, 0.05) is 18.9 Å². The second-order valence-electron chi connectivity index (χ2n) is 5.81. The summed E-state index contributed by atoms with van der Waals surface area (Å²) in [6.45, 7) is 4.07. The van der Waals surface area contributed by atoms with Crippen LogP contribution in [0.1, 0.15) is 19.4 Å². The van der Waals surface area contributed by atoms with E-state index in [1.165, 1.54) is 0 Å². The van der Waals surface area contributed by atoms with Crippen LogP contribution in [0.5, 0.6) is 5.75 Å². The molecule has 0 N–H and O–H groups in total. The maximum absolute atomic E-state index is 12.6. The monoisotopic (exact) mass is 273 g/mol. The average Bonchev–Trinajstić information content (AvgIpc) is 3.03. The Bertz CT molecular complexity index is 730. The summed E-state index contributed by atoms with van der Waals surface area (Å²) in [5.74, 6) is 0.676. The van der Waals surface area contributed by atoms with Crippen LogP contribution in [0.2, 0.25) is 0 Å². The zero-order valence-electron chi connectivity index (χ0n) is 12.3. The summed E-state index contributed by atoms with van der Waals surface area (Å²) in [6, 6.07) is 7.79. The Morgan fingerprint density at radius 3 is 2.60 bits per heavy atom. The standard InChI is InChI=1S/C16H19NO3/c1-16(2)13(20-16)9-11-14(19-4)10-7-5-6-8-12(10)17(3)15(11)18/h5-8,13H,9H2,1-4H3. The van der Waals surface area contributed by atoms with E-state index in [9.17, 15) is 4.79 Å². The molecule has 4 nitrogen and oxygen atoms in total. The first-order chi connectivity index (χ1) is 9.45. The summed E-state index contributed by atoms with van der Waals surface area (Å²) in [6.07, 6.45) is 0.679. The molecular formula is C16H19NO3. The van der Waals surface area contributed by atoms with Crippen LogP contribution in [-0.2, 0) is 18.2 Å². The van der Waals surface area contributed by atoms with Gasteiger partial charge in [-0.05, 0) is 26.0 Å². The van der Waals surface area contributed by atoms with Crippen molar-refractivity contribution in [2.45, 2.75) is 32.0 Å². The number of para-hydroxylation sites is 1. The van der Waals surface area contributed by atoms with Crippen molar-refractivity contribution in [3.8, 4) is 5.75 Å². The van der Waals surface area contributed by atoms with Crippen LogP contribution in [0.15, 0.2) is 29.1 Å². The molecule has 0 aliphatic carbocycles. The third kappa shape index (κ3) is 1.91. The SMILES string of the molecule is COc1c(CC2OC2(C)C)c(=O)n(C)c2ccccc12. The van der Waals surface area contributed by atoms with E-state index in [2.05, 4.69) is 0 Å². The van der Waals surface area contributed by atoms with Crippen LogP contribution in [0, 0.1) is 0 Å². The second-order valence-corrected chi connectivity index (χ2v) is 5.81. The molecule has 1 aromatic heterocycles. The molecule has 1 atom stereocenters. The molecule has 0 radical (unpaired) electrons. The number of pyridine rings is 1. The number of ether oxygens (including phenoxy) is 2. The van der Waals surface area contributed by atoms with Crippen molar-refractivity contribution in [2.75, 3.05) is 7.11 Å². The van der Waals surface area contributed by atoms with Gasteiger partial charge >= 0.3 is 0 Å². The summed E-state index contributed by atoms with van der Waals surface area (Å²) in [4.78, 5) is 12.6. The molecule has 2 heterocycles. The Balaban J connectivity index is 2.20. The summed E-state index contributed by atoms with van der Waals surface area (Å²) in [7, 11) is 3.41. The van der Waals surface area contributed by atoms with Crippen molar-refractivity contribution in [3.63, 3.8) is 0 Å². The molecule has 1 aliphatic rings. The van der Waals surface area contributed by atoms with Gasteiger partial charge in [-0.1, -0.05) is 12.1 Å². The highest BCUT2D eigenvalue weighted by Crippen LogP contribution is 2.39. The van der Waals surface area contributed by atoms with E-state index in [-0.39, 0.29) is 17.3 Å². The summed E-state index contributed by atoms with van der Waals surface area (Å²) in [5, 5.41) is 0.963. The molecule has 1 unspecified atom stereocenters. The lowest BCUT2D eigenvalue weighted by Crippen LogP contribution is -2.24. The first-order valence-electron chi connectivity index (χ1n) is 6.78. The molecule has 1 saturated heterocycles. The van der Waals surface area contributed by atoms with Gasteiger partial charge in [0.2, 0.25) is 0 Å². The molecule has 3 rings (SSSR count). The van der Waals surface area contributed by atoms with Gasteiger partial charge in [0.25, 0.3) is 5.56 Å². The van der Waals surface area contributed by atoms with E-state index in [0.717, 1.165) is 10.9 Å². The van der Waals surface area contributed by atoms with Gasteiger partial charge in [-0.2, -0.15) is 0 Å². The maximum atomic E-state index is 12.6. The van der Waals surface area contributed by atoms with Gasteiger partial charge in [-0.3, -0.25) is 4.79 Å². The lowest BCUT2D eigenvalue weighted by atomic mass is 10.0. The van der Waals surface area contributed by atoms with E-state index in [4.69, 9.17) is 9.47 Å². The number of nitrogens with zero attached hydrogens (tertiary/aromatic N) is 1. The van der Waals surface area contributed by atoms with Crippen molar-refractivity contribution in [1.82, 2.24) is 4.57 Å². The van der Waals surface area contributed by atoms with Gasteiger partial charge in [0.1, 0.15) is 5.75 Å². The third-order valence-corrected chi connectivity index (χ3v) is 4.10. The topological polar surface area (TPSA) is 43.8 Å². The highest BCUT2D eigenvalue weighted by Gasteiger charge is 2.48. The number of rotatable bonds is 3. The first-order valence-corrected chi connectivity index (χ1v) is 6.78. The minimum Gasteiger partial charge on any atom is -0.496 e. The summed E-state index contributed by atoms with van der Waals surface area (Å²) >= 11 is 0. The number of hydrogen-bond acceptors (Lipinski definition) is 3. The molecular weight excluding hydrogens is 254 g/mol. The average molecular weight is 273 g/mol. The molecule has 0 bridgehead atoms. The number of hydrogen-bond donors (Lipinski definition) is 0. The minimum absolute atomic E-state index is 0.00755. The van der Waals surface area contributed by atoms with E-state index in [0.29, 0.717) is 17.7 Å². The minimum atomic E-state index is -0.137. The third-order valence-electron chi connectivity index (χ3n) is 4.10. The molecule has 0 amide bonds. The molecule has 0 saturated carbocycles. The Hall–Kier alpha value is -1.81.